The van der Waals surface area contributed by atoms with Crippen LogP contribution in [0.15, 0.2) is 23.2 Å². The van der Waals surface area contributed by atoms with Gasteiger partial charge in [0.2, 0.25) is 0 Å². The van der Waals surface area contributed by atoms with E-state index in [1.54, 1.807) is 14.2 Å². The van der Waals surface area contributed by atoms with Gasteiger partial charge >= 0.3 is 0 Å². The van der Waals surface area contributed by atoms with Crippen molar-refractivity contribution < 1.29 is 9.47 Å². The third-order valence-corrected chi connectivity index (χ3v) is 4.53. The highest BCUT2D eigenvalue weighted by atomic mass is 16.5. The highest BCUT2D eigenvalue weighted by Gasteiger charge is 2.22. The molecule has 1 aliphatic rings. The minimum Gasteiger partial charge on any atom is -0.493 e. The molecule has 2 N–H and O–H groups in total. The molecule has 1 fully saturated rings. The maximum absolute atomic E-state index is 6.04. The minimum atomic E-state index is 0.694. The fourth-order valence-corrected chi connectivity index (χ4v) is 2.56. The molecule has 0 unspecified atom stereocenters. The van der Waals surface area contributed by atoms with Gasteiger partial charge in [-0.3, -0.25) is 4.99 Å². The Labute approximate surface area is 158 Å². The van der Waals surface area contributed by atoms with Crippen molar-refractivity contribution in [3.05, 3.63) is 29.3 Å². The zero-order valence-electron chi connectivity index (χ0n) is 16.7. The second kappa shape index (κ2) is 11.0. The molecule has 0 atom stereocenters. The summed E-state index contributed by atoms with van der Waals surface area (Å²) in [5.41, 5.74) is 2.39. The van der Waals surface area contributed by atoms with Crippen molar-refractivity contribution >= 4 is 5.96 Å². The van der Waals surface area contributed by atoms with Crippen molar-refractivity contribution in [3.63, 3.8) is 0 Å². The Kier molecular flexibility index (Phi) is 8.71. The number of aryl methyl sites for hydroxylation is 1. The summed E-state index contributed by atoms with van der Waals surface area (Å²) in [6, 6.07) is 6.39. The molecule has 146 valence electrons. The van der Waals surface area contributed by atoms with E-state index < -0.39 is 0 Å². The van der Waals surface area contributed by atoms with E-state index in [0.29, 0.717) is 6.54 Å². The van der Waals surface area contributed by atoms with Gasteiger partial charge < -0.3 is 25.0 Å². The van der Waals surface area contributed by atoms with Gasteiger partial charge in [0.15, 0.2) is 5.96 Å². The van der Waals surface area contributed by atoms with E-state index >= 15 is 0 Å². The smallest absolute Gasteiger partial charge is 0.191 e. The summed E-state index contributed by atoms with van der Waals surface area (Å²) < 4.78 is 11.1. The Morgan fingerprint density at radius 2 is 2.08 bits per heavy atom. The van der Waals surface area contributed by atoms with Crippen LogP contribution in [-0.4, -0.2) is 64.9 Å². The first-order chi connectivity index (χ1) is 12.6. The molecule has 6 nitrogen and oxygen atoms in total. The first kappa shape index (κ1) is 20.5. The van der Waals surface area contributed by atoms with Crippen LogP contribution in [0.1, 0.15) is 24.0 Å². The molecule has 1 aromatic carbocycles. The molecule has 0 saturated heterocycles. The second-order valence-electron chi connectivity index (χ2n) is 7.01. The van der Waals surface area contributed by atoms with Crippen LogP contribution >= 0.6 is 0 Å². The Bertz CT molecular complexity index is 573. The molecule has 0 spiro atoms. The number of benzene rings is 1. The second-order valence-corrected chi connectivity index (χ2v) is 7.01. The number of guanidine groups is 1. The summed E-state index contributed by atoms with van der Waals surface area (Å²) >= 11 is 0. The lowest BCUT2D eigenvalue weighted by molar-refractivity contribution is 0.162. The van der Waals surface area contributed by atoms with E-state index in [1.165, 1.54) is 18.4 Å². The summed E-state index contributed by atoms with van der Waals surface area (Å²) in [6.45, 7) is 7.07. The van der Waals surface area contributed by atoms with E-state index in [1.807, 2.05) is 0 Å². The van der Waals surface area contributed by atoms with Crippen LogP contribution < -0.4 is 15.4 Å². The van der Waals surface area contributed by atoms with Crippen LogP contribution in [-0.2, 0) is 11.3 Å². The molecule has 0 radical (unpaired) electrons. The zero-order chi connectivity index (χ0) is 18.8. The Balaban J connectivity index is 1.78. The van der Waals surface area contributed by atoms with Crippen LogP contribution in [0.3, 0.4) is 0 Å². The number of nitrogens with one attached hydrogen (secondary N) is 2. The molecule has 0 heterocycles. The van der Waals surface area contributed by atoms with Crippen LogP contribution in [0.2, 0.25) is 0 Å². The lowest BCUT2D eigenvalue weighted by atomic mass is 10.1. The molecule has 26 heavy (non-hydrogen) atoms. The van der Waals surface area contributed by atoms with Crippen LogP contribution in [0.4, 0.5) is 0 Å². The maximum Gasteiger partial charge on any atom is 0.191 e. The van der Waals surface area contributed by atoms with Gasteiger partial charge in [-0.05, 0) is 44.4 Å². The standard InChI is InChI=1S/C20H34N4O2/c1-16-5-8-18(19(13-16)26-15-17-6-7-17)14-23-20(21-2)22-9-10-24(3)11-12-25-4/h5,8,13,17H,6-7,9-12,14-15H2,1-4H3,(H2,21,22,23). The van der Waals surface area contributed by atoms with Crippen molar-refractivity contribution in [2.75, 3.05) is 54.1 Å². The van der Waals surface area contributed by atoms with Crippen molar-refractivity contribution in [2.24, 2.45) is 10.9 Å². The number of rotatable bonds is 11. The molecule has 0 amide bonds. The highest BCUT2D eigenvalue weighted by Crippen LogP contribution is 2.30. The fourth-order valence-electron chi connectivity index (χ4n) is 2.56. The topological polar surface area (TPSA) is 58.1 Å². The molecular formula is C20H34N4O2. The SMILES string of the molecule is CN=C(NCCN(C)CCOC)NCc1ccc(C)cc1OCC1CC1. The Morgan fingerprint density at radius 1 is 1.27 bits per heavy atom. The monoisotopic (exact) mass is 362 g/mol. The number of aliphatic imine (C=N–C) groups is 1. The van der Waals surface area contributed by atoms with Crippen molar-refractivity contribution in [1.29, 1.82) is 0 Å². The lowest BCUT2D eigenvalue weighted by Gasteiger charge is -2.18. The van der Waals surface area contributed by atoms with Crippen LogP contribution in [0.5, 0.6) is 5.75 Å². The summed E-state index contributed by atoms with van der Waals surface area (Å²) in [5, 5.41) is 6.74. The minimum absolute atomic E-state index is 0.694. The molecular weight excluding hydrogens is 328 g/mol. The van der Waals surface area contributed by atoms with Gasteiger partial charge in [0.1, 0.15) is 5.75 Å². The normalized spacial score (nSPS) is 14.6. The van der Waals surface area contributed by atoms with E-state index in [4.69, 9.17) is 9.47 Å². The predicted molar refractivity (Wildman–Crippen MR) is 107 cm³/mol. The molecule has 6 heteroatoms. The number of hydrogen-bond donors (Lipinski definition) is 2. The molecule has 1 saturated carbocycles. The maximum atomic E-state index is 6.04. The number of likely N-dealkylation sites (N-methyl/N-ethyl adjacent to an activating group) is 1. The van der Waals surface area contributed by atoms with Gasteiger partial charge in [-0.1, -0.05) is 12.1 Å². The van der Waals surface area contributed by atoms with Crippen molar-refractivity contribution in [2.45, 2.75) is 26.3 Å². The van der Waals surface area contributed by atoms with Gasteiger partial charge in [-0.25, -0.2) is 0 Å². The van der Waals surface area contributed by atoms with Gasteiger partial charge in [0, 0.05) is 45.9 Å². The first-order valence-corrected chi connectivity index (χ1v) is 9.46. The van der Waals surface area contributed by atoms with Gasteiger partial charge in [0.05, 0.1) is 13.2 Å². The van der Waals surface area contributed by atoms with Crippen molar-refractivity contribution in [3.8, 4) is 5.75 Å². The van der Waals surface area contributed by atoms with E-state index in [0.717, 1.165) is 56.0 Å². The number of methoxy groups -OCH3 is 1. The molecule has 2 rings (SSSR count). The molecule has 0 aromatic heterocycles. The van der Waals surface area contributed by atoms with Crippen LogP contribution in [0, 0.1) is 12.8 Å². The molecule has 0 aliphatic heterocycles. The number of hydrogen-bond acceptors (Lipinski definition) is 4. The lowest BCUT2D eigenvalue weighted by Crippen LogP contribution is -2.41. The van der Waals surface area contributed by atoms with Gasteiger partial charge in [0.25, 0.3) is 0 Å². The van der Waals surface area contributed by atoms with Crippen LogP contribution in [0.25, 0.3) is 0 Å². The zero-order valence-corrected chi connectivity index (χ0v) is 16.7. The Morgan fingerprint density at radius 3 is 2.77 bits per heavy atom. The quantitative estimate of drug-likeness (QED) is 0.466. The van der Waals surface area contributed by atoms with E-state index in [9.17, 15) is 0 Å². The number of ether oxygens (including phenoxy) is 2. The Hall–Kier alpha value is -1.79. The predicted octanol–water partition coefficient (Wildman–Crippen LogP) is 2.03. The average molecular weight is 363 g/mol. The third-order valence-electron chi connectivity index (χ3n) is 4.53. The van der Waals surface area contributed by atoms with Gasteiger partial charge in [-0.15, -0.1) is 0 Å². The van der Waals surface area contributed by atoms with E-state index in [2.05, 4.69) is 52.7 Å². The largest absolute Gasteiger partial charge is 0.493 e. The van der Waals surface area contributed by atoms with E-state index in [-0.39, 0.29) is 0 Å². The summed E-state index contributed by atoms with van der Waals surface area (Å²) in [7, 11) is 5.61. The average Bonchev–Trinajstić information content (AvgIpc) is 3.46. The molecule has 1 aliphatic carbocycles. The summed E-state index contributed by atoms with van der Waals surface area (Å²) in [6.07, 6.45) is 2.60. The first-order valence-electron chi connectivity index (χ1n) is 9.46. The van der Waals surface area contributed by atoms with Crippen molar-refractivity contribution in [1.82, 2.24) is 15.5 Å². The molecule has 1 aromatic rings. The third kappa shape index (κ3) is 7.62. The molecule has 0 bridgehead atoms. The highest BCUT2D eigenvalue weighted by molar-refractivity contribution is 5.79. The van der Waals surface area contributed by atoms with Gasteiger partial charge in [-0.2, -0.15) is 0 Å². The summed E-state index contributed by atoms with van der Waals surface area (Å²) in [4.78, 5) is 6.53. The fraction of sp³-hybridized carbons (Fsp3) is 0.650. The number of nitrogens with zero attached hydrogens (tertiary/aromatic N) is 2. The summed E-state index contributed by atoms with van der Waals surface area (Å²) in [5.74, 6) is 2.54.